The van der Waals surface area contributed by atoms with Gasteiger partial charge < -0.3 is 15.7 Å². The van der Waals surface area contributed by atoms with Gasteiger partial charge in [-0.1, -0.05) is 41.4 Å². The number of hydrogen-bond donors (Lipinski definition) is 3. The molecule has 0 saturated carbocycles. The van der Waals surface area contributed by atoms with Crippen LogP contribution in [0.15, 0.2) is 47.8 Å². The molecule has 1 atom stereocenters. The second-order valence-electron chi connectivity index (χ2n) is 9.85. The predicted octanol–water partition coefficient (Wildman–Crippen LogP) is 3.08. The number of fused-ring (bicyclic) bond motifs is 2. The van der Waals surface area contributed by atoms with Crippen molar-refractivity contribution >= 4 is 44.8 Å². The van der Waals surface area contributed by atoms with Gasteiger partial charge in [0.1, 0.15) is 0 Å². The first-order chi connectivity index (χ1) is 18.1. The molecule has 4 heterocycles. The lowest BCUT2D eigenvalue weighted by molar-refractivity contribution is 0.186. The van der Waals surface area contributed by atoms with Crippen LogP contribution in [0, 0.1) is 5.41 Å². The molecule has 0 amide bonds. The van der Waals surface area contributed by atoms with Crippen LogP contribution in [0.3, 0.4) is 0 Å². The summed E-state index contributed by atoms with van der Waals surface area (Å²) in [4.78, 5) is 15.6. The third-order valence-corrected chi connectivity index (χ3v) is 9.46. The molecule has 10 nitrogen and oxygen atoms in total. The lowest BCUT2D eigenvalue weighted by Gasteiger charge is -2.42. The van der Waals surface area contributed by atoms with E-state index in [0.29, 0.717) is 30.3 Å². The highest BCUT2D eigenvalue weighted by Crippen LogP contribution is 2.50. The molecule has 13 heteroatoms. The maximum absolute atomic E-state index is 12.9. The van der Waals surface area contributed by atoms with Gasteiger partial charge in [0.15, 0.2) is 10.7 Å². The van der Waals surface area contributed by atoms with E-state index < -0.39 is 10.0 Å². The molecule has 6 rings (SSSR count). The van der Waals surface area contributed by atoms with Crippen LogP contribution in [0.5, 0.6) is 0 Å². The van der Waals surface area contributed by atoms with Crippen LogP contribution >= 0.6 is 23.2 Å². The molecular weight excluding hydrogens is 549 g/mol. The summed E-state index contributed by atoms with van der Waals surface area (Å²) >= 11 is 12.7. The van der Waals surface area contributed by atoms with Crippen LogP contribution in [0.4, 0.5) is 5.95 Å². The van der Waals surface area contributed by atoms with Crippen molar-refractivity contribution in [3.8, 4) is 11.1 Å². The number of anilines is 1. The van der Waals surface area contributed by atoms with E-state index in [0.717, 1.165) is 30.5 Å². The van der Waals surface area contributed by atoms with Crippen molar-refractivity contribution in [1.82, 2.24) is 19.4 Å². The SMILES string of the molecule is N[C@@H]1c2cccnc2CC12CCN(c1nc(S(N)(=O)=O)c(-c3cccc(Cl)c3Cl)c3ncc(CO)n13)CC2. The zero-order valence-electron chi connectivity index (χ0n) is 20.2. The summed E-state index contributed by atoms with van der Waals surface area (Å²) in [5.74, 6) is 0.324. The van der Waals surface area contributed by atoms with Crippen LogP contribution in [0.25, 0.3) is 16.8 Å². The average molecular weight is 574 g/mol. The predicted molar refractivity (Wildman–Crippen MR) is 144 cm³/mol. The number of nitrogens with zero attached hydrogens (tertiary/aromatic N) is 5. The van der Waals surface area contributed by atoms with Gasteiger partial charge in [-0.05, 0) is 42.4 Å². The number of aliphatic hydroxyl groups is 1. The van der Waals surface area contributed by atoms with Crippen molar-refractivity contribution in [3.05, 3.63) is 69.7 Å². The van der Waals surface area contributed by atoms with Gasteiger partial charge in [-0.25, -0.2) is 23.5 Å². The number of sulfonamides is 1. The zero-order valence-corrected chi connectivity index (χ0v) is 22.5. The summed E-state index contributed by atoms with van der Waals surface area (Å²) in [7, 11) is -4.31. The Morgan fingerprint density at radius 2 is 1.89 bits per heavy atom. The molecule has 198 valence electrons. The number of halogens is 2. The van der Waals surface area contributed by atoms with Crippen molar-refractivity contribution in [3.63, 3.8) is 0 Å². The Kier molecular flexibility index (Phi) is 6.13. The van der Waals surface area contributed by atoms with Crippen LogP contribution in [-0.4, -0.2) is 46.0 Å². The van der Waals surface area contributed by atoms with Crippen LogP contribution in [-0.2, 0) is 23.1 Å². The smallest absolute Gasteiger partial charge is 0.256 e. The summed E-state index contributed by atoms with van der Waals surface area (Å²) in [6.45, 7) is 0.791. The normalized spacial score (nSPS) is 18.9. The largest absolute Gasteiger partial charge is 0.390 e. The number of rotatable bonds is 4. The summed E-state index contributed by atoms with van der Waals surface area (Å²) in [5.41, 5.74) is 9.82. The number of benzene rings is 1. The number of pyridine rings is 1. The highest BCUT2D eigenvalue weighted by Gasteiger charge is 2.47. The first-order valence-corrected chi connectivity index (χ1v) is 14.4. The summed E-state index contributed by atoms with van der Waals surface area (Å²) in [6, 6.07) is 8.69. The molecule has 3 aromatic heterocycles. The zero-order chi connectivity index (χ0) is 26.8. The van der Waals surface area contributed by atoms with Gasteiger partial charge in [0.25, 0.3) is 10.0 Å². The summed E-state index contributed by atoms with van der Waals surface area (Å²) in [5, 5.41) is 15.8. The number of piperidine rings is 1. The molecule has 5 N–H and O–H groups in total. The molecule has 2 aliphatic rings. The van der Waals surface area contributed by atoms with Crippen molar-refractivity contribution in [2.24, 2.45) is 16.3 Å². The molecule has 1 aliphatic heterocycles. The average Bonchev–Trinajstić information content (AvgIpc) is 3.44. The van der Waals surface area contributed by atoms with Gasteiger partial charge in [0, 0.05) is 36.6 Å². The minimum absolute atomic E-state index is 0.122. The van der Waals surface area contributed by atoms with Gasteiger partial charge in [-0.2, -0.15) is 0 Å². The Morgan fingerprint density at radius 3 is 2.58 bits per heavy atom. The number of aromatic nitrogens is 4. The summed E-state index contributed by atoms with van der Waals surface area (Å²) < 4.78 is 27.4. The monoisotopic (exact) mass is 573 g/mol. The topological polar surface area (TPSA) is 153 Å². The van der Waals surface area contributed by atoms with Crippen LogP contribution < -0.4 is 15.8 Å². The van der Waals surface area contributed by atoms with Gasteiger partial charge >= 0.3 is 0 Å². The van der Waals surface area contributed by atoms with Gasteiger partial charge in [-0.3, -0.25) is 9.38 Å². The highest BCUT2D eigenvalue weighted by atomic mass is 35.5. The second kappa shape index (κ2) is 9.15. The highest BCUT2D eigenvalue weighted by molar-refractivity contribution is 7.89. The van der Waals surface area contributed by atoms with Crippen molar-refractivity contribution in [2.75, 3.05) is 18.0 Å². The third kappa shape index (κ3) is 3.88. The molecule has 1 saturated heterocycles. The minimum Gasteiger partial charge on any atom is -0.390 e. The van der Waals surface area contributed by atoms with E-state index >= 15 is 0 Å². The molecule has 1 aromatic carbocycles. The van der Waals surface area contributed by atoms with E-state index in [4.69, 9.17) is 34.1 Å². The summed E-state index contributed by atoms with van der Waals surface area (Å²) in [6.07, 6.45) is 5.57. The molecule has 4 aromatic rings. The van der Waals surface area contributed by atoms with E-state index in [2.05, 4.69) is 15.0 Å². The van der Waals surface area contributed by atoms with Crippen molar-refractivity contribution in [1.29, 1.82) is 0 Å². The minimum atomic E-state index is -4.31. The third-order valence-electron chi connectivity index (χ3n) is 7.81. The van der Waals surface area contributed by atoms with Gasteiger partial charge in [0.2, 0.25) is 5.95 Å². The fraction of sp³-hybridized carbons (Fsp3) is 0.320. The van der Waals surface area contributed by atoms with Gasteiger partial charge in [-0.15, -0.1) is 0 Å². The maximum atomic E-state index is 12.9. The molecule has 1 spiro atoms. The quantitative estimate of drug-likeness (QED) is 0.315. The molecular formula is C25H25Cl2N7O3S. The van der Waals surface area contributed by atoms with Gasteiger partial charge in [0.05, 0.1) is 34.1 Å². The first-order valence-electron chi connectivity index (χ1n) is 12.1. The number of nitrogens with two attached hydrogens (primary N) is 2. The number of imidazole rings is 1. The van der Waals surface area contributed by atoms with E-state index in [-0.39, 0.29) is 44.3 Å². The maximum Gasteiger partial charge on any atom is 0.256 e. The lowest BCUT2D eigenvalue weighted by atomic mass is 9.73. The molecule has 1 fully saturated rings. The Balaban J connectivity index is 1.48. The molecule has 1 aliphatic carbocycles. The van der Waals surface area contributed by atoms with E-state index in [9.17, 15) is 13.5 Å². The molecule has 38 heavy (non-hydrogen) atoms. The van der Waals surface area contributed by atoms with Crippen LogP contribution in [0.2, 0.25) is 10.0 Å². The number of primary sulfonamides is 1. The number of hydrogen-bond acceptors (Lipinski definition) is 8. The Bertz CT molecular complexity index is 1680. The Labute approximate surface area is 229 Å². The lowest BCUT2D eigenvalue weighted by Crippen LogP contribution is -2.45. The van der Waals surface area contributed by atoms with Crippen LogP contribution in [0.1, 0.15) is 35.8 Å². The van der Waals surface area contributed by atoms with Crippen molar-refractivity contribution in [2.45, 2.75) is 36.9 Å². The van der Waals surface area contributed by atoms with Crippen molar-refractivity contribution < 1.29 is 13.5 Å². The van der Waals surface area contributed by atoms with E-state index in [1.807, 2.05) is 17.0 Å². The Hall–Kier alpha value is -2.80. The number of aliphatic hydroxyl groups excluding tert-OH is 1. The first kappa shape index (κ1) is 25.5. The van der Waals surface area contributed by atoms with E-state index in [1.165, 1.54) is 6.20 Å². The molecule has 0 radical (unpaired) electrons. The molecule has 0 bridgehead atoms. The standard InChI is InChI=1S/C25H25Cl2N7O3S/c26-17-5-1-3-16(20(17)27)19-22-31-12-14(13-35)34(22)24(32-23(19)38(29,36)37)33-9-6-25(7-10-33)11-18-15(21(25)28)4-2-8-30-18/h1-5,8,12,21,35H,6-7,9-11,13,28H2,(H2,29,36,37)/t21-/m1/s1. The second-order valence-corrected chi connectivity index (χ2v) is 12.1. The fourth-order valence-electron chi connectivity index (χ4n) is 5.84. The Morgan fingerprint density at radius 1 is 1.13 bits per heavy atom. The fourth-order valence-corrected chi connectivity index (χ4v) is 6.93. The van der Waals surface area contributed by atoms with E-state index in [1.54, 1.807) is 28.8 Å². The molecule has 0 unspecified atom stereocenters.